The van der Waals surface area contributed by atoms with Crippen LogP contribution >= 0.6 is 0 Å². The predicted molar refractivity (Wildman–Crippen MR) is 121 cm³/mol. The Morgan fingerprint density at radius 3 is 2.30 bits per heavy atom. The number of nitrogens with one attached hydrogen (secondary N) is 3. The molecule has 178 valence electrons. The van der Waals surface area contributed by atoms with E-state index in [4.69, 9.17) is 0 Å². The Kier molecular flexibility index (Phi) is 9.15. The fraction of sp³-hybridized carbons (Fsp3) is 0.440. The molecule has 0 bridgehead atoms. The van der Waals surface area contributed by atoms with Gasteiger partial charge in [0.1, 0.15) is 23.5 Å². The Hall–Kier alpha value is -3.03. The molecule has 0 saturated heterocycles. The van der Waals surface area contributed by atoms with Crippen LogP contribution in [0.2, 0.25) is 0 Å². The Labute approximate surface area is 192 Å². The summed E-state index contributed by atoms with van der Waals surface area (Å²) in [4.78, 5) is 25.4. The van der Waals surface area contributed by atoms with Crippen molar-refractivity contribution in [3.63, 3.8) is 0 Å². The summed E-state index contributed by atoms with van der Waals surface area (Å²) in [6.07, 6.45) is 5.67. The van der Waals surface area contributed by atoms with E-state index in [9.17, 15) is 22.8 Å². The molecule has 0 aliphatic heterocycles. The van der Waals surface area contributed by atoms with Crippen molar-refractivity contribution < 1.29 is 22.8 Å². The van der Waals surface area contributed by atoms with Crippen LogP contribution in [0.3, 0.4) is 0 Å². The zero-order valence-corrected chi connectivity index (χ0v) is 18.5. The fourth-order valence-electron chi connectivity index (χ4n) is 4.15. The molecule has 0 heterocycles. The van der Waals surface area contributed by atoms with Crippen LogP contribution in [0.25, 0.3) is 0 Å². The van der Waals surface area contributed by atoms with Crippen molar-refractivity contribution in [2.24, 2.45) is 5.92 Å². The van der Waals surface area contributed by atoms with Crippen molar-refractivity contribution in [3.8, 4) is 0 Å². The zero-order chi connectivity index (χ0) is 23.6. The van der Waals surface area contributed by atoms with Crippen molar-refractivity contribution >= 4 is 17.5 Å². The highest BCUT2D eigenvalue weighted by molar-refractivity contribution is 5.88. The van der Waals surface area contributed by atoms with Gasteiger partial charge in [-0.1, -0.05) is 38.2 Å². The normalized spacial score (nSPS) is 15.0. The van der Waals surface area contributed by atoms with E-state index in [0.29, 0.717) is 25.4 Å². The molecule has 2 aromatic rings. The molecule has 0 radical (unpaired) electrons. The highest BCUT2D eigenvalue weighted by Gasteiger charge is 2.26. The van der Waals surface area contributed by atoms with E-state index in [0.717, 1.165) is 43.5 Å². The van der Waals surface area contributed by atoms with Crippen molar-refractivity contribution in [3.05, 3.63) is 65.5 Å². The summed E-state index contributed by atoms with van der Waals surface area (Å²) in [5, 5.41) is 8.66. The summed E-state index contributed by atoms with van der Waals surface area (Å²) in [5.41, 5.74) is 0.813. The monoisotopic (exact) mass is 461 g/mol. The number of hydrogen-bond acceptors (Lipinski definition) is 3. The third-order valence-corrected chi connectivity index (χ3v) is 5.91. The molecular formula is C25H30F3N3O2. The molecule has 1 fully saturated rings. The quantitative estimate of drug-likeness (QED) is 0.462. The molecule has 8 heteroatoms. The number of rotatable bonds is 10. The molecule has 0 unspecified atom stereocenters. The first kappa shape index (κ1) is 24.6. The summed E-state index contributed by atoms with van der Waals surface area (Å²) in [6, 6.07) is 8.27. The second-order valence-corrected chi connectivity index (χ2v) is 8.50. The van der Waals surface area contributed by atoms with E-state index < -0.39 is 23.6 Å². The number of carbonyl (C=O) groups is 2. The van der Waals surface area contributed by atoms with Gasteiger partial charge in [0.15, 0.2) is 0 Å². The van der Waals surface area contributed by atoms with Crippen LogP contribution in [0.1, 0.15) is 44.1 Å². The van der Waals surface area contributed by atoms with Gasteiger partial charge in [0.05, 0.1) is 6.42 Å². The standard InChI is InChI=1S/C25H30F3N3O2/c26-19-8-10-21(11-9-19)29-12-13-30-25(33)23(14-17-4-2-1-3-5-17)31-24(32)15-18-6-7-20(27)16-22(18)28/h6-11,16-17,23,29H,1-5,12-15H2,(H,30,33)(H,31,32)/t23-/m0/s1. The van der Waals surface area contributed by atoms with Crippen LogP contribution < -0.4 is 16.0 Å². The Morgan fingerprint density at radius 2 is 1.61 bits per heavy atom. The maximum atomic E-state index is 13.9. The summed E-state index contributed by atoms with van der Waals surface area (Å²) in [6.45, 7) is 0.752. The Bertz CT molecular complexity index is 931. The van der Waals surface area contributed by atoms with Gasteiger partial charge in [-0.05, 0) is 48.2 Å². The topological polar surface area (TPSA) is 70.2 Å². The summed E-state index contributed by atoms with van der Waals surface area (Å²) in [7, 11) is 0. The predicted octanol–water partition coefficient (Wildman–Crippen LogP) is 4.33. The zero-order valence-electron chi connectivity index (χ0n) is 18.5. The number of amides is 2. The number of hydrogen-bond donors (Lipinski definition) is 3. The third-order valence-electron chi connectivity index (χ3n) is 5.91. The van der Waals surface area contributed by atoms with E-state index in [-0.39, 0.29) is 23.7 Å². The lowest BCUT2D eigenvalue weighted by Crippen LogP contribution is -2.49. The number of halogens is 3. The highest BCUT2D eigenvalue weighted by Crippen LogP contribution is 2.27. The van der Waals surface area contributed by atoms with E-state index in [1.165, 1.54) is 24.6 Å². The van der Waals surface area contributed by atoms with Gasteiger partial charge in [0, 0.05) is 24.8 Å². The Balaban J connectivity index is 1.54. The molecule has 0 aromatic heterocycles. The van der Waals surface area contributed by atoms with E-state index in [1.807, 2.05) is 0 Å². The van der Waals surface area contributed by atoms with Crippen molar-refractivity contribution in [1.29, 1.82) is 0 Å². The average Bonchev–Trinajstić information content (AvgIpc) is 2.80. The van der Waals surface area contributed by atoms with Gasteiger partial charge in [0.2, 0.25) is 11.8 Å². The fourth-order valence-corrected chi connectivity index (χ4v) is 4.15. The largest absolute Gasteiger partial charge is 0.383 e. The molecule has 2 aromatic carbocycles. The third kappa shape index (κ3) is 8.11. The molecule has 3 rings (SSSR count). The van der Waals surface area contributed by atoms with Gasteiger partial charge < -0.3 is 16.0 Å². The highest BCUT2D eigenvalue weighted by atomic mass is 19.1. The van der Waals surface area contributed by atoms with Gasteiger partial charge in [-0.25, -0.2) is 13.2 Å². The number of benzene rings is 2. The maximum absolute atomic E-state index is 13.9. The lowest BCUT2D eigenvalue weighted by molar-refractivity contribution is -0.129. The van der Waals surface area contributed by atoms with E-state index in [1.54, 1.807) is 12.1 Å². The minimum atomic E-state index is -0.787. The first-order chi connectivity index (χ1) is 15.9. The molecule has 5 nitrogen and oxygen atoms in total. The van der Waals surface area contributed by atoms with Crippen LogP contribution in [-0.2, 0) is 16.0 Å². The lowest BCUT2D eigenvalue weighted by atomic mass is 9.84. The van der Waals surface area contributed by atoms with Crippen LogP contribution in [0.5, 0.6) is 0 Å². The second-order valence-electron chi connectivity index (χ2n) is 8.50. The minimum absolute atomic E-state index is 0.0780. The van der Waals surface area contributed by atoms with Gasteiger partial charge in [-0.3, -0.25) is 9.59 Å². The molecule has 1 saturated carbocycles. The van der Waals surface area contributed by atoms with Crippen LogP contribution in [-0.4, -0.2) is 30.9 Å². The first-order valence-corrected chi connectivity index (χ1v) is 11.4. The van der Waals surface area contributed by atoms with Crippen LogP contribution in [0.4, 0.5) is 18.9 Å². The molecule has 33 heavy (non-hydrogen) atoms. The number of carbonyl (C=O) groups excluding carboxylic acids is 2. The van der Waals surface area contributed by atoms with Gasteiger partial charge in [0.25, 0.3) is 0 Å². The molecule has 0 spiro atoms. The lowest BCUT2D eigenvalue weighted by Gasteiger charge is -2.26. The second kappa shape index (κ2) is 12.3. The summed E-state index contributed by atoms with van der Waals surface area (Å²) >= 11 is 0. The van der Waals surface area contributed by atoms with Gasteiger partial charge >= 0.3 is 0 Å². The molecular weight excluding hydrogens is 431 g/mol. The first-order valence-electron chi connectivity index (χ1n) is 11.4. The Morgan fingerprint density at radius 1 is 0.909 bits per heavy atom. The molecule has 1 aliphatic rings. The SMILES string of the molecule is O=C(Cc1ccc(F)cc1F)N[C@@H](CC1CCCCC1)C(=O)NCCNc1ccc(F)cc1. The molecule has 1 atom stereocenters. The average molecular weight is 462 g/mol. The summed E-state index contributed by atoms with van der Waals surface area (Å²) < 4.78 is 40.0. The molecule has 2 amide bonds. The van der Waals surface area contributed by atoms with Crippen molar-refractivity contribution in [2.75, 3.05) is 18.4 Å². The van der Waals surface area contributed by atoms with Crippen molar-refractivity contribution in [2.45, 2.75) is 51.0 Å². The van der Waals surface area contributed by atoms with Gasteiger partial charge in [-0.2, -0.15) is 0 Å². The van der Waals surface area contributed by atoms with E-state index in [2.05, 4.69) is 16.0 Å². The molecule has 1 aliphatic carbocycles. The molecule has 3 N–H and O–H groups in total. The van der Waals surface area contributed by atoms with Crippen LogP contribution in [0.15, 0.2) is 42.5 Å². The van der Waals surface area contributed by atoms with Gasteiger partial charge in [-0.15, -0.1) is 0 Å². The van der Waals surface area contributed by atoms with Crippen molar-refractivity contribution in [1.82, 2.24) is 10.6 Å². The van der Waals surface area contributed by atoms with E-state index >= 15 is 0 Å². The van der Waals surface area contributed by atoms with Crippen LogP contribution in [0, 0.1) is 23.4 Å². The maximum Gasteiger partial charge on any atom is 0.242 e. The smallest absolute Gasteiger partial charge is 0.242 e. The minimum Gasteiger partial charge on any atom is -0.383 e. The number of anilines is 1. The summed E-state index contributed by atoms with van der Waals surface area (Å²) in [5.74, 6) is -2.26.